The number of hydrogen-bond donors (Lipinski definition) is 0. The van der Waals surface area contributed by atoms with E-state index in [-0.39, 0.29) is 36.7 Å². The zero-order valence-electron chi connectivity index (χ0n) is 19.4. The first kappa shape index (κ1) is 25.0. The molecule has 3 rings (SSSR count). The quantitative estimate of drug-likeness (QED) is 0.638. The molecule has 0 aromatic heterocycles. The van der Waals surface area contributed by atoms with Gasteiger partial charge in [-0.2, -0.15) is 18.2 Å². The second-order valence-electron chi connectivity index (χ2n) is 8.55. The lowest BCUT2D eigenvalue weighted by molar-refractivity contribution is -0.152. The first-order chi connectivity index (χ1) is 15.6. The summed E-state index contributed by atoms with van der Waals surface area (Å²) in [5, 5.41) is 1.17. The molecular formula is C24H30F3N3O3. The van der Waals surface area contributed by atoms with Gasteiger partial charge in [-0.15, -0.1) is 0 Å². The molecule has 0 fully saturated rings. The van der Waals surface area contributed by atoms with Gasteiger partial charge in [0, 0.05) is 24.5 Å². The molecule has 1 aromatic carbocycles. The van der Waals surface area contributed by atoms with Gasteiger partial charge in [0.1, 0.15) is 5.84 Å². The first-order valence-corrected chi connectivity index (χ1v) is 11.2. The number of hydrogen-bond acceptors (Lipinski definition) is 4. The minimum absolute atomic E-state index is 0.00103. The molecule has 6 nitrogen and oxygen atoms in total. The number of carbonyl (C=O) groups is 2. The van der Waals surface area contributed by atoms with Crippen LogP contribution in [0, 0.1) is 11.8 Å². The average Bonchev–Trinajstić information content (AvgIpc) is 2.86. The van der Waals surface area contributed by atoms with E-state index in [4.69, 9.17) is 4.84 Å². The van der Waals surface area contributed by atoms with Crippen LogP contribution in [0.4, 0.5) is 13.2 Å². The van der Waals surface area contributed by atoms with Gasteiger partial charge in [-0.1, -0.05) is 38.5 Å². The summed E-state index contributed by atoms with van der Waals surface area (Å²) in [6, 6.07) is 4.82. The third kappa shape index (κ3) is 5.29. The average molecular weight is 466 g/mol. The van der Waals surface area contributed by atoms with Crippen LogP contribution in [0.3, 0.4) is 0 Å². The van der Waals surface area contributed by atoms with Gasteiger partial charge in [-0.25, -0.2) is 0 Å². The summed E-state index contributed by atoms with van der Waals surface area (Å²) in [7, 11) is 1.39. The number of amidine groups is 1. The molecule has 33 heavy (non-hydrogen) atoms. The molecular weight excluding hydrogens is 435 g/mol. The number of alkyl halides is 3. The number of rotatable bonds is 5. The van der Waals surface area contributed by atoms with Gasteiger partial charge in [0.2, 0.25) is 5.91 Å². The van der Waals surface area contributed by atoms with Crippen molar-refractivity contribution in [3.63, 3.8) is 0 Å². The molecule has 2 unspecified atom stereocenters. The Hall–Kier alpha value is -2.68. The molecule has 2 aliphatic rings. The standard InChI is InChI=1S/C24H30F3N3O3/c1-5-6-21(31)29-12-11-19-15(2)16(3)22(30(33-4)23(32)20(19)14-29)28-13-17-7-9-18(10-8-17)24(25,26)27/h7-10,15-16H,5-6,11-14H2,1-4H3. The maximum Gasteiger partial charge on any atom is 0.416 e. The van der Waals surface area contributed by atoms with Crippen molar-refractivity contribution >= 4 is 17.6 Å². The minimum atomic E-state index is -4.40. The van der Waals surface area contributed by atoms with Crippen molar-refractivity contribution in [1.82, 2.24) is 9.96 Å². The summed E-state index contributed by atoms with van der Waals surface area (Å²) in [4.78, 5) is 37.6. The van der Waals surface area contributed by atoms with Crippen LogP contribution in [0.1, 0.15) is 51.2 Å². The van der Waals surface area contributed by atoms with E-state index in [2.05, 4.69) is 4.99 Å². The van der Waals surface area contributed by atoms with Crippen LogP contribution < -0.4 is 0 Å². The Morgan fingerprint density at radius 1 is 1.18 bits per heavy atom. The number of nitrogens with zero attached hydrogens (tertiary/aromatic N) is 3. The normalized spacial score (nSPS) is 23.1. The Balaban J connectivity index is 1.87. The molecule has 0 saturated carbocycles. The fraction of sp³-hybridized carbons (Fsp3) is 0.542. The maximum absolute atomic E-state index is 13.4. The van der Waals surface area contributed by atoms with Gasteiger partial charge in [0.15, 0.2) is 0 Å². The van der Waals surface area contributed by atoms with Crippen LogP contribution in [0.15, 0.2) is 40.4 Å². The molecule has 0 N–H and O–H groups in total. The summed E-state index contributed by atoms with van der Waals surface area (Å²) >= 11 is 0. The maximum atomic E-state index is 13.4. The van der Waals surface area contributed by atoms with Crippen molar-refractivity contribution in [1.29, 1.82) is 0 Å². The van der Waals surface area contributed by atoms with E-state index in [9.17, 15) is 22.8 Å². The third-order valence-corrected chi connectivity index (χ3v) is 6.45. The first-order valence-electron chi connectivity index (χ1n) is 11.2. The zero-order valence-corrected chi connectivity index (χ0v) is 19.4. The molecule has 180 valence electrons. The summed E-state index contributed by atoms with van der Waals surface area (Å²) in [5.41, 5.74) is 1.45. The van der Waals surface area contributed by atoms with Gasteiger partial charge in [-0.05, 0) is 36.5 Å². The van der Waals surface area contributed by atoms with Gasteiger partial charge >= 0.3 is 6.18 Å². The number of hydroxylamine groups is 2. The lowest BCUT2D eigenvalue weighted by Crippen LogP contribution is -2.43. The molecule has 2 atom stereocenters. The van der Waals surface area contributed by atoms with Crippen molar-refractivity contribution in [3.8, 4) is 0 Å². The van der Waals surface area contributed by atoms with Crippen LogP contribution in [-0.2, 0) is 27.1 Å². The molecule has 2 heterocycles. The lowest BCUT2D eigenvalue weighted by atomic mass is 9.83. The van der Waals surface area contributed by atoms with Crippen molar-refractivity contribution in [2.45, 2.75) is 52.8 Å². The fourth-order valence-electron chi connectivity index (χ4n) is 4.36. The fourth-order valence-corrected chi connectivity index (χ4v) is 4.36. The number of carbonyl (C=O) groups excluding carboxylic acids is 2. The van der Waals surface area contributed by atoms with Crippen molar-refractivity contribution in [2.24, 2.45) is 16.8 Å². The summed E-state index contributed by atoms with van der Waals surface area (Å²) in [6.45, 7) is 6.87. The molecule has 0 radical (unpaired) electrons. The van der Waals surface area contributed by atoms with E-state index in [0.29, 0.717) is 36.4 Å². The Morgan fingerprint density at radius 2 is 1.85 bits per heavy atom. The van der Waals surface area contributed by atoms with E-state index in [1.165, 1.54) is 24.3 Å². The highest BCUT2D eigenvalue weighted by Gasteiger charge is 2.40. The summed E-state index contributed by atoms with van der Waals surface area (Å²) in [5.74, 6) is -0.0471. The molecule has 0 spiro atoms. The summed E-state index contributed by atoms with van der Waals surface area (Å²) in [6.07, 6.45) is -2.60. The van der Waals surface area contributed by atoms with Crippen LogP contribution in [-0.4, -0.2) is 47.8 Å². The highest BCUT2D eigenvalue weighted by molar-refractivity contribution is 6.08. The topological polar surface area (TPSA) is 62.2 Å². The molecule has 0 bridgehead atoms. The van der Waals surface area contributed by atoms with E-state index in [1.807, 2.05) is 20.8 Å². The van der Waals surface area contributed by atoms with Crippen LogP contribution >= 0.6 is 0 Å². The Kier molecular flexibility index (Phi) is 7.62. The van der Waals surface area contributed by atoms with E-state index < -0.39 is 11.7 Å². The molecule has 0 saturated heterocycles. The molecule has 2 aliphatic heterocycles. The van der Waals surface area contributed by atoms with Gasteiger partial charge in [-0.3, -0.25) is 19.4 Å². The van der Waals surface area contributed by atoms with Crippen LogP contribution in [0.5, 0.6) is 0 Å². The second-order valence-corrected chi connectivity index (χ2v) is 8.55. The van der Waals surface area contributed by atoms with Crippen LogP contribution in [0.25, 0.3) is 0 Å². The third-order valence-electron chi connectivity index (χ3n) is 6.45. The number of amides is 2. The monoisotopic (exact) mass is 465 g/mol. The van der Waals surface area contributed by atoms with Crippen molar-refractivity contribution in [3.05, 3.63) is 46.5 Å². The smallest absolute Gasteiger partial charge is 0.338 e. The van der Waals surface area contributed by atoms with Gasteiger partial charge in [0.05, 0.1) is 25.8 Å². The highest BCUT2D eigenvalue weighted by atomic mass is 19.4. The number of aliphatic imine (C=N–C) groups is 1. The Labute approximate surface area is 192 Å². The predicted octanol–water partition coefficient (Wildman–Crippen LogP) is 4.61. The zero-order chi connectivity index (χ0) is 24.3. The van der Waals surface area contributed by atoms with Crippen molar-refractivity contribution < 1.29 is 27.6 Å². The van der Waals surface area contributed by atoms with Crippen molar-refractivity contribution in [2.75, 3.05) is 20.2 Å². The molecule has 1 aromatic rings. The molecule has 0 aliphatic carbocycles. The second kappa shape index (κ2) is 10.1. The number of benzene rings is 1. The van der Waals surface area contributed by atoms with Gasteiger partial charge < -0.3 is 4.90 Å². The SMILES string of the molecule is CCCC(=O)N1CCC2=C(C1)C(=O)N(OC)C(=NCc1ccc(C(F)(F)F)cc1)C(C)C2C. The predicted molar refractivity (Wildman–Crippen MR) is 118 cm³/mol. The number of halogens is 3. The molecule has 9 heteroatoms. The van der Waals surface area contributed by atoms with Crippen LogP contribution in [0.2, 0.25) is 0 Å². The Bertz CT molecular complexity index is 954. The largest absolute Gasteiger partial charge is 0.416 e. The van der Waals surface area contributed by atoms with E-state index in [0.717, 1.165) is 24.1 Å². The molecule has 2 amide bonds. The van der Waals surface area contributed by atoms with E-state index >= 15 is 0 Å². The minimum Gasteiger partial charge on any atom is -0.338 e. The summed E-state index contributed by atoms with van der Waals surface area (Å²) < 4.78 is 38.5. The highest BCUT2D eigenvalue weighted by Crippen LogP contribution is 2.36. The lowest BCUT2D eigenvalue weighted by Gasteiger charge is -2.32. The van der Waals surface area contributed by atoms with E-state index in [1.54, 1.807) is 4.90 Å². The van der Waals surface area contributed by atoms with Gasteiger partial charge in [0.25, 0.3) is 5.91 Å². The Morgan fingerprint density at radius 3 is 2.42 bits per heavy atom.